The lowest BCUT2D eigenvalue weighted by atomic mass is 9.94. The van der Waals surface area contributed by atoms with E-state index in [1.165, 1.54) is 6.92 Å². The third-order valence-electron chi connectivity index (χ3n) is 3.84. The Morgan fingerprint density at radius 3 is 2.36 bits per heavy atom. The number of phosphoric ester groups is 1. The molecule has 186 valence electrons. The van der Waals surface area contributed by atoms with Gasteiger partial charge in [-0.2, -0.15) is 18.4 Å². The Balaban J connectivity index is 2.32. The van der Waals surface area contributed by atoms with Crippen LogP contribution in [-0.4, -0.2) is 63.4 Å². The molecule has 0 spiro atoms. The van der Waals surface area contributed by atoms with E-state index in [2.05, 4.69) is 24.2 Å². The average Bonchev–Trinajstić information content (AvgIpc) is 2.83. The van der Waals surface area contributed by atoms with Gasteiger partial charge < -0.3 is 29.4 Å². The molecule has 0 saturated carbocycles. The second-order valence-electron chi connectivity index (χ2n) is 6.33. The highest BCUT2D eigenvalue weighted by atomic mass is 31.3. The van der Waals surface area contributed by atoms with Gasteiger partial charge in [-0.05, 0) is 13.8 Å². The molecule has 2 heterocycles. The predicted molar refractivity (Wildman–Crippen MR) is 101 cm³/mol. The summed E-state index contributed by atoms with van der Waals surface area (Å²) in [4.78, 5) is 60.8. The molecule has 1 aromatic rings. The predicted octanol–water partition coefficient (Wildman–Crippen LogP) is -1.35. The highest BCUT2D eigenvalue weighted by molar-refractivity contribution is 7.66. The molecule has 0 aliphatic carbocycles. The number of hydrogen-bond donors (Lipinski definition) is 6. The zero-order chi connectivity index (χ0) is 25.4. The smallest absolute Gasteiger partial charge is 0.386 e. The van der Waals surface area contributed by atoms with Crippen LogP contribution in [0.15, 0.2) is 15.8 Å². The summed E-state index contributed by atoms with van der Waals surface area (Å²) < 4.78 is 66.8. The Labute approximate surface area is 182 Å². The number of rotatable bonds is 8. The van der Waals surface area contributed by atoms with E-state index >= 15 is 4.39 Å². The van der Waals surface area contributed by atoms with Crippen LogP contribution in [0.25, 0.3) is 0 Å². The van der Waals surface area contributed by atoms with Crippen molar-refractivity contribution in [2.45, 2.75) is 44.1 Å². The van der Waals surface area contributed by atoms with Crippen molar-refractivity contribution in [1.29, 1.82) is 0 Å². The third kappa shape index (κ3) is 6.74. The summed E-state index contributed by atoms with van der Waals surface area (Å²) in [5, 5.41) is 13.8. The molecule has 2 rings (SSSR count). The number of aliphatic hydroxyl groups is 1. The van der Waals surface area contributed by atoms with Crippen molar-refractivity contribution in [2.75, 3.05) is 0 Å². The molecule has 0 aromatic carbocycles. The summed E-state index contributed by atoms with van der Waals surface area (Å²) in [5.74, 6) is 4.14. The number of nitrogens with one attached hydrogen (secondary N) is 1. The van der Waals surface area contributed by atoms with Gasteiger partial charge >= 0.3 is 29.2 Å². The number of aliphatic hydroxyl groups excluding tert-OH is 1. The van der Waals surface area contributed by atoms with Crippen LogP contribution in [0.3, 0.4) is 0 Å². The first-order chi connectivity index (χ1) is 14.9. The molecule has 1 fully saturated rings. The maximum absolute atomic E-state index is 15.6. The fraction of sp³-hybridized carbons (Fsp3) is 0.583. The van der Waals surface area contributed by atoms with Gasteiger partial charge in [-0.25, -0.2) is 22.9 Å². The van der Waals surface area contributed by atoms with E-state index in [0.717, 1.165) is 6.92 Å². The molecule has 21 heteroatoms. The zero-order valence-corrected chi connectivity index (χ0v) is 19.1. The fourth-order valence-electron chi connectivity index (χ4n) is 2.74. The molecule has 1 aliphatic heterocycles. The molecule has 0 radical (unpaired) electrons. The van der Waals surface area contributed by atoms with Crippen LogP contribution >= 0.6 is 23.5 Å². The Morgan fingerprint density at radius 2 is 1.85 bits per heavy atom. The largest absolute Gasteiger partial charge is 0.490 e. The number of ether oxygens (including phenoxy) is 1. The van der Waals surface area contributed by atoms with Gasteiger partial charge in [-0.1, -0.05) is 5.92 Å². The second-order valence-corrected chi connectivity index (χ2v) is 10.7. The van der Waals surface area contributed by atoms with Crippen LogP contribution in [0.5, 0.6) is 0 Å². The van der Waals surface area contributed by atoms with Crippen LogP contribution in [-0.2, 0) is 31.6 Å². The van der Waals surface area contributed by atoms with Gasteiger partial charge in [0.15, 0.2) is 0 Å². The summed E-state index contributed by atoms with van der Waals surface area (Å²) in [5.41, 5.74) is -5.25. The molecule has 6 N–H and O–H groups in total. The minimum atomic E-state index is -5.84. The van der Waals surface area contributed by atoms with Crippen LogP contribution < -0.4 is 11.2 Å². The van der Waals surface area contributed by atoms with Gasteiger partial charge in [0.05, 0.1) is 6.10 Å². The Morgan fingerprint density at radius 1 is 1.24 bits per heavy atom. The highest BCUT2D eigenvalue weighted by Crippen LogP contribution is 2.66. The SMILES string of the molecule is CC#CC1(F)[C@@H](O)[C@@H]([C@@H](C)OP(=O)(O)OP(=O)(O)OP(=O)(O)O)O[C@H]1n1ncc(=O)[nH]c1=O. The van der Waals surface area contributed by atoms with Crippen molar-refractivity contribution in [2.24, 2.45) is 0 Å². The number of hydrogen-bond acceptors (Lipinski definition) is 11. The summed E-state index contributed by atoms with van der Waals surface area (Å²) >= 11 is 0. The van der Waals surface area contributed by atoms with Crippen LogP contribution in [0, 0.1) is 11.8 Å². The van der Waals surface area contributed by atoms with E-state index in [4.69, 9.17) is 14.5 Å². The van der Waals surface area contributed by atoms with Gasteiger partial charge in [-0.3, -0.25) is 14.3 Å². The number of halogens is 1. The van der Waals surface area contributed by atoms with Gasteiger partial charge in [0, 0.05) is 0 Å². The lowest BCUT2D eigenvalue weighted by molar-refractivity contribution is -0.0829. The molecular weight excluding hydrogens is 522 g/mol. The quantitative estimate of drug-likeness (QED) is 0.165. The van der Waals surface area contributed by atoms with E-state index in [0.29, 0.717) is 10.9 Å². The number of aromatic nitrogens is 3. The summed E-state index contributed by atoms with van der Waals surface area (Å²) in [7, 11) is -17.1. The molecule has 17 nitrogen and oxygen atoms in total. The lowest BCUT2D eigenvalue weighted by Crippen LogP contribution is -2.46. The topological polar surface area (TPSA) is 257 Å². The molecule has 1 aromatic heterocycles. The van der Waals surface area contributed by atoms with E-state index in [-0.39, 0.29) is 0 Å². The molecule has 1 aliphatic rings. The van der Waals surface area contributed by atoms with Crippen molar-refractivity contribution in [1.82, 2.24) is 14.8 Å². The van der Waals surface area contributed by atoms with Crippen molar-refractivity contribution in [3.8, 4) is 11.8 Å². The standard InChI is InChI=1S/C12H17FN3O14P3/c1-3-4-12(13)9(18)8(27-10(12)16-11(19)15-7(17)5-14-16)6(2)28-32(23,24)30-33(25,26)29-31(20,21)22/h5-6,8-10,18H,1-2H3,(H,23,24)(H,25,26)(H,15,17,19)(H2,20,21,22)/t6-,8-,9+,10-,12?/m1/s1. The lowest BCUT2D eigenvalue weighted by Gasteiger charge is -2.25. The zero-order valence-electron chi connectivity index (χ0n) is 16.4. The minimum absolute atomic E-state index is 0.298. The van der Waals surface area contributed by atoms with Crippen LogP contribution in [0.4, 0.5) is 4.39 Å². The summed E-state index contributed by atoms with van der Waals surface area (Å²) in [6.45, 7) is 2.09. The first-order valence-corrected chi connectivity index (χ1v) is 12.9. The Kier molecular flexibility index (Phi) is 8.04. The number of alkyl halides is 1. The van der Waals surface area contributed by atoms with Crippen molar-refractivity contribution < 1.29 is 60.6 Å². The fourth-order valence-corrected chi connectivity index (χ4v) is 5.94. The van der Waals surface area contributed by atoms with Crippen LogP contribution in [0.1, 0.15) is 20.1 Å². The number of phosphoric acid groups is 3. The molecule has 1 saturated heterocycles. The molecule has 7 atom stereocenters. The molecule has 33 heavy (non-hydrogen) atoms. The Bertz CT molecular complexity index is 1220. The molecule has 3 unspecified atom stereocenters. The van der Waals surface area contributed by atoms with Crippen LogP contribution in [0.2, 0.25) is 0 Å². The molecule has 0 bridgehead atoms. The monoisotopic (exact) mass is 539 g/mol. The minimum Gasteiger partial charge on any atom is -0.386 e. The summed E-state index contributed by atoms with van der Waals surface area (Å²) in [6, 6.07) is 0. The molecule has 0 amide bonds. The number of nitrogens with zero attached hydrogens (tertiary/aromatic N) is 2. The van der Waals surface area contributed by atoms with Crippen molar-refractivity contribution in [3.63, 3.8) is 0 Å². The molecular formula is C12H17FN3O14P3. The van der Waals surface area contributed by atoms with E-state index in [9.17, 15) is 38.2 Å². The average molecular weight is 539 g/mol. The first-order valence-electron chi connectivity index (χ1n) is 8.37. The van der Waals surface area contributed by atoms with Crippen molar-refractivity contribution >= 4 is 23.5 Å². The van der Waals surface area contributed by atoms with E-state index in [1.54, 1.807) is 4.98 Å². The second kappa shape index (κ2) is 9.59. The van der Waals surface area contributed by atoms with Gasteiger partial charge in [0.1, 0.15) is 18.4 Å². The van der Waals surface area contributed by atoms with Gasteiger partial charge in [-0.15, -0.1) is 5.92 Å². The highest BCUT2D eigenvalue weighted by Gasteiger charge is 2.60. The maximum atomic E-state index is 15.6. The van der Waals surface area contributed by atoms with E-state index < -0.39 is 64.9 Å². The first kappa shape index (κ1) is 27.7. The Hall–Kier alpha value is -1.57. The summed E-state index contributed by atoms with van der Waals surface area (Å²) in [6.07, 6.45) is -7.52. The maximum Gasteiger partial charge on any atom is 0.490 e. The van der Waals surface area contributed by atoms with Gasteiger partial charge in [0.2, 0.25) is 11.9 Å². The number of H-pyrrole nitrogens is 1. The number of aromatic amines is 1. The van der Waals surface area contributed by atoms with Gasteiger partial charge in [0.25, 0.3) is 5.56 Å². The van der Waals surface area contributed by atoms with Crippen molar-refractivity contribution in [3.05, 3.63) is 27.0 Å². The normalized spacial score (nSPS) is 30.0. The third-order valence-corrected chi connectivity index (χ3v) is 7.77. The van der Waals surface area contributed by atoms with E-state index in [1.807, 2.05) is 5.92 Å².